The highest BCUT2D eigenvalue weighted by Gasteiger charge is 2.11. The molecule has 1 aromatic carbocycles. The fraction of sp³-hybridized carbons (Fsp3) is 0.400. The van der Waals surface area contributed by atoms with Crippen LogP contribution in [0.5, 0.6) is 0 Å². The lowest BCUT2D eigenvalue weighted by Gasteiger charge is -2.29. The molecule has 0 aliphatic carbocycles. The van der Waals surface area contributed by atoms with Crippen LogP contribution in [-0.4, -0.2) is 48.8 Å². The van der Waals surface area contributed by atoms with E-state index < -0.39 is 0 Å². The van der Waals surface area contributed by atoms with Crippen LogP contribution in [0.2, 0.25) is 0 Å². The topological polar surface area (TPSA) is 23.6 Å². The van der Waals surface area contributed by atoms with Crippen molar-refractivity contribution in [3.8, 4) is 12.0 Å². The molecule has 0 radical (unpaired) electrons. The zero-order valence-electron chi connectivity index (χ0n) is 11.2. The minimum absolute atomic E-state index is 0.262. The van der Waals surface area contributed by atoms with Crippen molar-refractivity contribution < 1.29 is 9.18 Å². The number of likely N-dealkylation sites (N-methyl/N-ethyl adjacent to an activating group) is 1. The molecule has 0 amide bonds. The number of Topliss-reactive ketones (excluding diaryl/α,β-unsaturated/α-hetero) is 1. The molecule has 100 valence electrons. The first-order valence-corrected chi connectivity index (χ1v) is 6.32. The third kappa shape index (κ3) is 3.55. The van der Waals surface area contributed by atoms with Gasteiger partial charge in [0.1, 0.15) is 5.82 Å². The predicted molar refractivity (Wildman–Crippen MR) is 72.3 cm³/mol. The van der Waals surface area contributed by atoms with Crippen LogP contribution in [0.15, 0.2) is 18.2 Å². The maximum atomic E-state index is 13.1. The van der Waals surface area contributed by atoms with Crippen LogP contribution in [0, 0.1) is 24.7 Å². The molecular weight excluding hydrogens is 243 g/mol. The van der Waals surface area contributed by atoms with Crippen LogP contribution in [0.25, 0.3) is 0 Å². The quantitative estimate of drug-likeness (QED) is 0.565. The van der Waals surface area contributed by atoms with Crippen molar-refractivity contribution in [3.63, 3.8) is 0 Å². The summed E-state index contributed by atoms with van der Waals surface area (Å²) in [5.74, 6) is 2.06. The van der Waals surface area contributed by atoms with Gasteiger partial charge in [-0.3, -0.25) is 4.79 Å². The maximum absolute atomic E-state index is 13.1. The van der Waals surface area contributed by atoms with Crippen molar-refractivity contribution in [1.82, 2.24) is 9.80 Å². The lowest BCUT2D eigenvalue weighted by Crippen LogP contribution is -2.42. The van der Waals surface area contributed by atoms with Gasteiger partial charge in [-0.1, -0.05) is 0 Å². The third-order valence-corrected chi connectivity index (χ3v) is 3.25. The van der Waals surface area contributed by atoms with Crippen LogP contribution >= 0.6 is 0 Å². The monoisotopic (exact) mass is 260 g/mol. The summed E-state index contributed by atoms with van der Waals surface area (Å²) in [7, 11) is 2.07. The van der Waals surface area contributed by atoms with E-state index in [2.05, 4.69) is 23.9 Å². The summed E-state index contributed by atoms with van der Waals surface area (Å²) in [6.45, 7) is 5.25. The Balaban J connectivity index is 2.03. The van der Waals surface area contributed by atoms with Crippen molar-refractivity contribution in [3.05, 3.63) is 35.1 Å². The van der Waals surface area contributed by atoms with Crippen molar-refractivity contribution in [2.24, 2.45) is 0 Å². The van der Waals surface area contributed by atoms with E-state index in [0.29, 0.717) is 11.1 Å². The molecule has 0 bridgehead atoms. The lowest BCUT2D eigenvalue weighted by atomic mass is 10.1. The molecule has 1 aliphatic rings. The summed E-state index contributed by atoms with van der Waals surface area (Å²) in [6.07, 6.45) is 0. The third-order valence-electron chi connectivity index (χ3n) is 3.25. The molecule has 2 rings (SSSR count). The fourth-order valence-electron chi connectivity index (χ4n) is 1.91. The summed E-state index contributed by atoms with van der Waals surface area (Å²) in [6, 6.07) is 7.21. The largest absolute Gasteiger partial charge is 0.330 e. The van der Waals surface area contributed by atoms with Crippen LogP contribution in [-0.2, 0) is 0 Å². The summed E-state index contributed by atoms with van der Waals surface area (Å²) in [5, 5.41) is 0. The molecule has 0 N–H and O–H groups in total. The Bertz CT molecular complexity index is 537. The number of benzene rings is 1. The molecule has 3 nitrogen and oxygen atoms in total. The minimum Gasteiger partial charge on any atom is -0.330 e. The number of halogens is 1. The predicted octanol–water partition coefficient (Wildman–Crippen LogP) is 1.53. The van der Waals surface area contributed by atoms with Crippen molar-refractivity contribution in [1.29, 1.82) is 0 Å². The van der Waals surface area contributed by atoms with E-state index in [1.807, 2.05) is 4.90 Å². The number of carbonyl (C=O) groups excluding carboxylic acids is 1. The Morgan fingerprint density at radius 1 is 1.26 bits per heavy atom. The standard InChI is InChI=1S/C15H17FN2O/c1-12-11-13(3-4-14(12)16)15(19)5-6-18-9-7-17(2)8-10-18/h3-4,11H,7-10H2,1-2H3. The first kappa shape index (κ1) is 13.6. The van der Waals surface area contributed by atoms with E-state index in [0.717, 1.165) is 26.2 Å². The van der Waals surface area contributed by atoms with E-state index in [9.17, 15) is 9.18 Å². The second kappa shape index (κ2) is 5.85. The molecule has 0 aromatic heterocycles. The maximum Gasteiger partial charge on any atom is 0.237 e. The normalized spacial score (nSPS) is 15.8. The van der Waals surface area contributed by atoms with Gasteiger partial charge in [0.05, 0.1) is 0 Å². The molecule has 0 saturated carbocycles. The first-order valence-electron chi connectivity index (χ1n) is 6.32. The highest BCUT2D eigenvalue weighted by atomic mass is 19.1. The Hall–Kier alpha value is -1.86. The molecule has 1 aromatic rings. The molecule has 0 spiro atoms. The fourth-order valence-corrected chi connectivity index (χ4v) is 1.91. The number of hydrogen-bond donors (Lipinski definition) is 0. The van der Waals surface area contributed by atoms with Gasteiger partial charge in [-0.05, 0) is 43.7 Å². The second-order valence-electron chi connectivity index (χ2n) is 4.82. The van der Waals surface area contributed by atoms with Gasteiger partial charge in [0.25, 0.3) is 0 Å². The summed E-state index contributed by atoms with van der Waals surface area (Å²) < 4.78 is 13.1. The zero-order valence-corrected chi connectivity index (χ0v) is 11.2. The Morgan fingerprint density at radius 3 is 2.58 bits per heavy atom. The van der Waals surface area contributed by atoms with Crippen LogP contribution in [0.1, 0.15) is 15.9 Å². The van der Waals surface area contributed by atoms with Crippen molar-refractivity contribution >= 4 is 5.78 Å². The average molecular weight is 260 g/mol. The number of piperazine rings is 1. The van der Waals surface area contributed by atoms with Gasteiger partial charge in [-0.15, -0.1) is 0 Å². The van der Waals surface area contributed by atoms with Crippen LogP contribution in [0.3, 0.4) is 0 Å². The van der Waals surface area contributed by atoms with E-state index >= 15 is 0 Å². The summed E-state index contributed by atoms with van der Waals surface area (Å²) >= 11 is 0. The first-order chi connectivity index (χ1) is 9.06. The summed E-state index contributed by atoms with van der Waals surface area (Å²) in [4.78, 5) is 16.1. The summed E-state index contributed by atoms with van der Waals surface area (Å²) in [5.41, 5.74) is 0.910. The second-order valence-corrected chi connectivity index (χ2v) is 4.82. The van der Waals surface area contributed by atoms with Gasteiger partial charge in [0, 0.05) is 37.8 Å². The highest BCUT2D eigenvalue weighted by molar-refractivity contribution is 6.09. The SMILES string of the molecule is Cc1cc(C(=O)C#CN2CCN(C)CC2)ccc1F. The molecule has 4 heteroatoms. The van der Waals surface area contributed by atoms with Gasteiger partial charge in [-0.25, -0.2) is 4.39 Å². The van der Waals surface area contributed by atoms with Gasteiger partial charge in [0.2, 0.25) is 5.78 Å². The smallest absolute Gasteiger partial charge is 0.237 e. The van der Waals surface area contributed by atoms with Crippen LogP contribution in [0.4, 0.5) is 4.39 Å². The average Bonchev–Trinajstić information content (AvgIpc) is 2.41. The number of carbonyl (C=O) groups is 1. The van der Waals surface area contributed by atoms with E-state index in [1.165, 1.54) is 18.2 Å². The van der Waals surface area contributed by atoms with Crippen LogP contribution < -0.4 is 0 Å². The highest BCUT2D eigenvalue weighted by Crippen LogP contribution is 2.09. The van der Waals surface area contributed by atoms with E-state index in [4.69, 9.17) is 0 Å². The zero-order chi connectivity index (χ0) is 13.8. The molecule has 1 heterocycles. The number of hydrogen-bond acceptors (Lipinski definition) is 3. The molecule has 1 saturated heterocycles. The van der Waals surface area contributed by atoms with Crippen molar-refractivity contribution in [2.75, 3.05) is 33.2 Å². The lowest BCUT2D eigenvalue weighted by molar-refractivity contribution is 0.105. The number of ketones is 1. The number of nitrogens with zero attached hydrogens (tertiary/aromatic N) is 2. The van der Waals surface area contributed by atoms with Gasteiger partial charge >= 0.3 is 0 Å². The Labute approximate surface area is 113 Å². The number of rotatable bonds is 1. The molecule has 0 atom stereocenters. The molecule has 0 unspecified atom stereocenters. The molecule has 19 heavy (non-hydrogen) atoms. The molecule has 1 aliphatic heterocycles. The molecular formula is C15H17FN2O. The molecule has 1 fully saturated rings. The Morgan fingerprint density at radius 2 is 1.95 bits per heavy atom. The van der Waals surface area contributed by atoms with Crippen molar-refractivity contribution in [2.45, 2.75) is 6.92 Å². The number of aryl methyl sites for hydroxylation is 1. The Kier molecular flexibility index (Phi) is 4.18. The van der Waals surface area contributed by atoms with Gasteiger partial charge in [-0.2, -0.15) is 0 Å². The van der Waals surface area contributed by atoms with E-state index in [-0.39, 0.29) is 11.6 Å². The van der Waals surface area contributed by atoms with Gasteiger partial charge in [0.15, 0.2) is 0 Å². The minimum atomic E-state index is -0.302. The van der Waals surface area contributed by atoms with E-state index in [1.54, 1.807) is 6.92 Å². The van der Waals surface area contributed by atoms with Gasteiger partial charge < -0.3 is 9.80 Å².